The van der Waals surface area contributed by atoms with Crippen LogP contribution >= 0.6 is 11.8 Å². The van der Waals surface area contributed by atoms with Crippen molar-refractivity contribution in [2.45, 2.75) is 32.5 Å². The summed E-state index contributed by atoms with van der Waals surface area (Å²) in [4.78, 5) is 14.5. The van der Waals surface area contributed by atoms with Crippen molar-refractivity contribution in [3.8, 4) is 5.69 Å². The molecule has 0 atom stereocenters. The summed E-state index contributed by atoms with van der Waals surface area (Å²) in [5.41, 5.74) is 4.27. The minimum Gasteiger partial charge on any atom is -0.338 e. The van der Waals surface area contributed by atoms with Gasteiger partial charge in [0.1, 0.15) is 0 Å². The number of nitrogens with zero attached hydrogens (tertiary/aromatic N) is 5. The molecular weight excluding hydrogens is 358 g/mol. The van der Waals surface area contributed by atoms with E-state index in [9.17, 15) is 4.79 Å². The van der Waals surface area contributed by atoms with E-state index < -0.39 is 0 Å². The van der Waals surface area contributed by atoms with Gasteiger partial charge in [-0.3, -0.25) is 4.79 Å². The number of carbonyl (C=O) groups excluding carboxylic acids is 1. The molecule has 1 heterocycles. The summed E-state index contributed by atoms with van der Waals surface area (Å²) in [5, 5.41) is 12.7. The monoisotopic (exact) mass is 381 g/mol. The van der Waals surface area contributed by atoms with E-state index >= 15 is 0 Å². The first-order chi connectivity index (χ1) is 13.1. The Bertz CT molecular complexity index is 889. The third-order valence-electron chi connectivity index (χ3n) is 4.37. The summed E-state index contributed by atoms with van der Waals surface area (Å²) < 4.78 is 1.72. The second-order valence-electron chi connectivity index (χ2n) is 6.30. The zero-order valence-corrected chi connectivity index (χ0v) is 16.6. The van der Waals surface area contributed by atoms with Crippen molar-refractivity contribution in [1.82, 2.24) is 25.1 Å². The molecule has 0 spiro atoms. The van der Waals surface area contributed by atoms with Gasteiger partial charge in [-0.15, -0.1) is 5.10 Å². The van der Waals surface area contributed by atoms with E-state index in [1.54, 1.807) is 4.68 Å². The minimum absolute atomic E-state index is 0.0717. The highest BCUT2D eigenvalue weighted by Crippen LogP contribution is 2.23. The number of aromatic nitrogens is 4. The van der Waals surface area contributed by atoms with Gasteiger partial charge in [-0.2, -0.15) is 4.68 Å². The molecule has 0 bridgehead atoms. The Hall–Kier alpha value is -2.67. The molecule has 0 N–H and O–H groups in total. The average molecular weight is 382 g/mol. The molecule has 0 aliphatic heterocycles. The van der Waals surface area contributed by atoms with E-state index in [0.29, 0.717) is 24.0 Å². The van der Waals surface area contributed by atoms with E-state index in [1.807, 2.05) is 74.2 Å². The maximum Gasteiger partial charge on any atom is 0.233 e. The summed E-state index contributed by atoms with van der Waals surface area (Å²) in [6.07, 6.45) is 0. The molecule has 27 heavy (non-hydrogen) atoms. The van der Waals surface area contributed by atoms with Crippen LogP contribution in [0.15, 0.2) is 53.7 Å². The van der Waals surface area contributed by atoms with E-state index in [4.69, 9.17) is 0 Å². The molecule has 3 aromatic rings. The van der Waals surface area contributed by atoms with Gasteiger partial charge in [0.15, 0.2) is 0 Å². The van der Waals surface area contributed by atoms with Crippen molar-refractivity contribution >= 4 is 17.7 Å². The number of thioether (sulfide) groups is 1. The number of benzene rings is 2. The first kappa shape index (κ1) is 19.1. The standard InChI is InChI=1S/C20H23N5OS/c1-4-24(13-17-11-6-5-7-12-17)18(26)14-27-20-21-22-23-25(20)19-15(2)9-8-10-16(19)3/h5-12H,4,13-14H2,1-3H3. The molecule has 0 fully saturated rings. The fourth-order valence-electron chi connectivity index (χ4n) is 2.95. The maximum absolute atomic E-state index is 12.7. The molecule has 0 aliphatic carbocycles. The Morgan fingerprint density at radius 3 is 2.44 bits per heavy atom. The third kappa shape index (κ3) is 4.54. The van der Waals surface area contributed by atoms with Crippen molar-refractivity contribution in [2.24, 2.45) is 0 Å². The van der Waals surface area contributed by atoms with Crippen LogP contribution in [0.25, 0.3) is 5.69 Å². The minimum atomic E-state index is 0.0717. The van der Waals surface area contributed by atoms with Crippen LogP contribution in [-0.2, 0) is 11.3 Å². The van der Waals surface area contributed by atoms with Crippen LogP contribution in [-0.4, -0.2) is 43.3 Å². The Labute approximate surface area is 163 Å². The molecule has 1 amide bonds. The number of carbonyl (C=O) groups is 1. The van der Waals surface area contributed by atoms with Gasteiger partial charge in [0.05, 0.1) is 11.4 Å². The lowest BCUT2D eigenvalue weighted by atomic mass is 10.1. The summed E-state index contributed by atoms with van der Waals surface area (Å²) in [6.45, 7) is 7.32. The summed E-state index contributed by atoms with van der Waals surface area (Å²) in [6, 6.07) is 16.1. The number of aryl methyl sites for hydroxylation is 2. The van der Waals surface area contributed by atoms with Gasteiger partial charge in [0.25, 0.3) is 0 Å². The average Bonchev–Trinajstić information content (AvgIpc) is 3.13. The molecule has 140 valence electrons. The second kappa shape index (κ2) is 8.81. The summed E-state index contributed by atoms with van der Waals surface area (Å²) in [7, 11) is 0. The fourth-order valence-corrected chi connectivity index (χ4v) is 3.73. The van der Waals surface area contributed by atoms with E-state index in [1.165, 1.54) is 11.8 Å². The van der Waals surface area contributed by atoms with Crippen molar-refractivity contribution in [1.29, 1.82) is 0 Å². The number of tetrazole rings is 1. The zero-order chi connectivity index (χ0) is 19.2. The number of hydrogen-bond donors (Lipinski definition) is 0. The molecule has 2 aromatic carbocycles. The van der Waals surface area contributed by atoms with Crippen molar-refractivity contribution < 1.29 is 4.79 Å². The predicted molar refractivity (Wildman–Crippen MR) is 107 cm³/mol. The molecule has 7 heteroatoms. The highest BCUT2D eigenvalue weighted by Gasteiger charge is 2.17. The normalized spacial score (nSPS) is 10.8. The van der Waals surface area contributed by atoms with Gasteiger partial charge in [0, 0.05) is 13.1 Å². The van der Waals surface area contributed by atoms with E-state index in [0.717, 1.165) is 22.4 Å². The molecule has 0 aliphatic rings. The Morgan fingerprint density at radius 2 is 1.78 bits per heavy atom. The van der Waals surface area contributed by atoms with Crippen LogP contribution in [0.3, 0.4) is 0 Å². The topological polar surface area (TPSA) is 63.9 Å². The Morgan fingerprint density at radius 1 is 1.07 bits per heavy atom. The van der Waals surface area contributed by atoms with Gasteiger partial charge in [-0.05, 0) is 47.9 Å². The van der Waals surface area contributed by atoms with Crippen LogP contribution < -0.4 is 0 Å². The highest BCUT2D eigenvalue weighted by molar-refractivity contribution is 7.99. The lowest BCUT2D eigenvalue weighted by Gasteiger charge is -2.20. The predicted octanol–water partition coefficient (Wildman–Crippen LogP) is 3.42. The first-order valence-corrected chi connectivity index (χ1v) is 9.88. The van der Waals surface area contributed by atoms with Gasteiger partial charge in [-0.25, -0.2) is 0 Å². The summed E-state index contributed by atoms with van der Waals surface area (Å²) >= 11 is 1.36. The van der Waals surface area contributed by atoms with Crippen LogP contribution in [0.2, 0.25) is 0 Å². The smallest absolute Gasteiger partial charge is 0.233 e. The van der Waals surface area contributed by atoms with Gasteiger partial charge in [-0.1, -0.05) is 60.3 Å². The largest absolute Gasteiger partial charge is 0.338 e. The summed E-state index contributed by atoms with van der Waals surface area (Å²) in [5.74, 6) is 0.369. The third-order valence-corrected chi connectivity index (χ3v) is 5.27. The van der Waals surface area contributed by atoms with Crippen LogP contribution in [0.1, 0.15) is 23.6 Å². The number of hydrogen-bond acceptors (Lipinski definition) is 5. The maximum atomic E-state index is 12.7. The quantitative estimate of drug-likeness (QED) is 0.587. The van der Waals surface area contributed by atoms with Crippen LogP contribution in [0.5, 0.6) is 0 Å². The molecular formula is C20H23N5OS. The lowest BCUT2D eigenvalue weighted by molar-refractivity contribution is -0.128. The number of amides is 1. The molecule has 6 nitrogen and oxygen atoms in total. The van der Waals surface area contributed by atoms with Crippen molar-refractivity contribution in [3.05, 3.63) is 65.2 Å². The number of para-hydroxylation sites is 1. The Kier molecular flexibility index (Phi) is 6.24. The van der Waals surface area contributed by atoms with E-state index in [2.05, 4.69) is 15.5 Å². The van der Waals surface area contributed by atoms with Gasteiger partial charge >= 0.3 is 0 Å². The van der Waals surface area contributed by atoms with Gasteiger partial charge in [0.2, 0.25) is 11.1 Å². The molecule has 0 saturated carbocycles. The zero-order valence-electron chi connectivity index (χ0n) is 15.8. The number of rotatable bonds is 7. The van der Waals surface area contributed by atoms with Crippen molar-refractivity contribution in [3.63, 3.8) is 0 Å². The van der Waals surface area contributed by atoms with E-state index in [-0.39, 0.29) is 5.91 Å². The fraction of sp³-hybridized carbons (Fsp3) is 0.300. The molecule has 0 radical (unpaired) electrons. The van der Waals surface area contributed by atoms with Crippen molar-refractivity contribution in [2.75, 3.05) is 12.3 Å². The Balaban J connectivity index is 1.70. The highest BCUT2D eigenvalue weighted by atomic mass is 32.2. The van der Waals surface area contributed by atoms with Crippen LogP contribution in [0.4, 0.5) is 0 Å². The first-order valence-electron chi connectivity index (χ1n) is 8.89. The molecule has 3 rings (SSSR count). The van der Waals surface area contributed by atoms with Gasteiger partial charge < -0.3 is 4.90 Å². The molecule has 1 aromatic heterocycles. The second-order valence-corrected chi connectivity index (χ2v) is 7.24. The SMILES string of the molecule is CCN(Cc1ccccc1)C(=O)CSc1nnnn1-c1c(C)cccc1C. The molecule has 0 unspecified atom stereocenters. The lowest BCUT2D eigenvalue weighted by Crippen LogP contribution is -2.31. The molecule has 0 saturated heterocycles. The van der Waals surface area contributed by atoms with Crippen LogP contribution in [0, 0.1) is 13.8 Å².